The van der Waals surface area contributed by atoms with E-state index in [1.54, 1.807) is 25.5 Å². The summed E-state index contributed by atoms with van der Waals surface area (Å²) in [5.41, 5.74) is 1.74. The van der Waals surface area contributed by atoms with Crippen molar-refractivity contribution in [2.45, 2.75) is 13.5 Å². The second kappa shape index (κ2) is 8.65. The van der Waals surface area contributed by atoms with Gasteiger partial charge in [0.15, 0.2) is 11.5 Å². The fraction of sp³-hybridized carbons (Fsp3) is 0.235. The fourth-order valence-corrected chi connectivity index (χ4v) is 2.20. The van der Waals surface area contributed by atoms with E-state index in [4.69, 9.17) is 37.5 Å². The summed E-state index contributed by atoms with van der Waals surface area (Å²) in [6.45, 7) is 2.81. The average molecular weight is 354 g/mol. The summed E-state index contributed by atoms with van der Waals surface area (Å²) in [6.07, 6.45) is 1.61. The van der Waals surface area contributed by atoms with E-state index in [1.165, 1.54) is 0 Å². The third-order valence-electron chi connectivity index (χ3n) is 2.98. The molecule has 0 atom stereocenters. The van der Waals surface area contributed by atoms with E-state index in [-0.39, 0.29) is 0 Å². The van der Waals surface area contributed by atoms with Crippen molar-refractivity contribution in [3.63, 3.8) is 0 Å². The van der Waals surface area contributed by atoms with Crippen LogP contribution in [0.1, 0.15) is 18.1 Å². The molecule has 0 unspecified atom stereocenters. The van der Waals surface area contributed by atoms with E-state index < -0.39 is 0 Å². The van der Waals surface area contributed by atoms with Crippen molar-refractivity contribution >= 4 is 29.4 Å². The Bertz CT molecular complexity index is 690. The lowest BCUT2D eigenvalue weighted by atomic mass is 10.2. The Hall–Kier alpha value is -1.91. The molecule has 0 aliphatic rings. The van der Waals surface area contributed by atoms with E-state index in [9.17, 15) is 0 Å². The molecule has 2 aromatic carbocycles. The standard InChI is InChI=1S/C17H17Cl2NO3/c1-3-22-16-7-5-12(9-17(16)21-2)10-20-23-11-13-4-6-14(18)15(19)8-13/h4-10H,3,11H2,1-2H3/b20-10+. The number of methoxy groups -OCH3 is 1. The van der Waals surface area contributed by atoms with Crippen molar-refractivity contribution in [1.82, 2.24) is 0 Å². The summed E-state index contributed by atoms with van der Waals surface area (Å²) in [5, 5.41) is 4.95. The van der Waals surface area contributed by atoms with Crippen molar-refractivity contribution in [3.8, 4) is 11.5 Å². The zero-order valence-corrected chi connectivity index (χ0v) is 14.4. The van der Waals surface area contributed by atoms with Gasteiger partial charge >= 0.3 is 0 Å². The molecule has 4 nitrogen and oxygen atoms in total. The minimum absolute atomic E-state index is 0.307. The predicted octanol–water partition coefficient (Wildman–Crippen LogP) is 4.95. The molecular weight excluding hydrogens is 337 g/mol. The first-order valence-corrected chi connectivity index (χ1v) is 7.79. The van der Waals surface area contributed by atoms with Crippen LogP contribution in [0.15, 0.2) is 41.6 Å². The maximum absolute atomic E-state index is 5.94. The molecule has 0 N–H and O–H groups in total. The van der Waals surface area contributed by atoms with Gasteiger partial charge in [-0.1, -0.05) is 34.4 Å². The molecule has 0 amide bonds. The highest BCUT2D eigenvalue weighted by Gasteiger charge is 2.04. The highest BCUT2D eigenvalue weighted by atomic mass is 35.5. The first kappa shape index (κ1) is 17.4. The van der Waals surface area contributed by atoms with Crippen LogP contribution in [-0.2, 0) is 11.4 Å². The number of halogens is 2. The first-order chi connectivity index (χ1) is 11.1. The first-order valence-electron chi connectivity index (χ1n) is 7.04. The molecule has 0 aliphatic carbocycles. The highest BCUT2D eigenvalue weighted by Crippen LogP contribution is 2.27. The zero-order valence-electron chi connectivity index (χ0n) is 12.9. The van der Waals surface area contributed by atoms with E-state index in [0.29, 0.717) is 34.8 Å². The molecule has 122 valence electrons. The molecule has 6 heteroatoms. The summed E-state index contributed by atoms with van der Waals surface area (Å²) in [6, 6.07) is 10.9. The van der Waals surface area contributed by atoms with Crippen molar-refractivity contribution < 1.29 is 14.3 Å². The van der Waals surface area contributed by atoms with Gasteiger partial charge < -0.3 is 14.3 Å². The number of hydrogen-bond acceptors (Lipinski definition) is 4. The lowest BCUT2D eigenvalue weighted by molar-refractivity contribution is 0.132. The smallest absolute Gasteiger partial charge is 0.161 e. The maximum atomic E-state index is 5.94. The molecule has 0 spiro atoms. The minimum Gasteiger partial charge on any atom is -0.493 e. The van der Waals surface area contributed by atoms with Crippen LogP contribution in [0, 0.1) is 0 Å². The minimum atomic E-state index is 0.307. The van der Waals surface area contributed by atoms with Crippen LogP contribution in [0.2, 0.25) is 10.0 Å². The summed E-state index contributed by atoms with van der Waals surface area (Å²) >= 11 is 11.8. The van der Waals surface area contributed by atoms with Gasteiger partial charge in [-0.05, 0) is 42.8 Å². The molecular formula is C17H17Cl2NO3. The van der Waals surface area contributed by atoms with Gasteiger partial charge in [0, 0.05) is 5.56 Å². The van der Waals surface area contributed by atoms with Crippen molar-refractivity contribution in [2.24, 2.45) is 5.16 Å². The molecule has 0 saturated carbocycles. The van der Waals surface area contributed by atoms with E-state index in [1.807, 2.05) is 31.2 Å². The molecule has 0 radical (unpaired) electrons. The third kappa shape index (κ3) is 5.05. The van der Waals surface area contributed by atoms with Crippen LogP contribution in [0.25, 0.3) is 0 Å². The molecule has 0 aromatic heterocycles. The lowest BCUT2D eigenvalue weighted by Crippen LogP contribution is -1.96. The number of nitrogens with zero attached hydrogens (tertiary/aromatic N) is 1. The van der Waals surface area contributed by atoms with Gasteiger partial charge in [-0.25, -0.2) is 0 Å². The molecule has 0 saturated heterocycles. The molecule has 23 heavy (non-hydrogen) atoms. The van der Waals surface area contributed by atoms with E-state index in [2.05, 4.69) is 5.16 Å². The zero-order chi connectivity index (χ0) is 16.7. The number of ether oxygens (including phenoxy) is 2. The Labute approximate surface area is 145 Å². The van der Waals surface area contributed by atoms with Gasteiger partial charge in [0.25, 0.3) is 0 Å². The molecule has 2 rings (SSSR count). The highest BCUT2D eigenvalue weighted by molar-refractivity contribution is 6.42. The van der Waals surface area contributed by atoms with Crippen LogP contribution >= 0.6 is 23.2 Å². The summed E-state index contributed by atoms with van der Waals surface area (Å²) in [5.74, 6) is 1.35. The second-order valence-electron chi connectivity index (χ2n) is 4.60. The molecule has 0 bridgehead atoms. The molecule has 2 aromatic rings. The van der Waals surface area contributed by atoms with Gasteiger partial charge in [-0.15, -0.1) is 0 Å². The van der Waals surface area contributed by atoms with Crippen LogP contribution in [-0.4, -0.2) is 19.9 Å². The Morgan fingerprint density at radius 2 is 1.87 bits per heavy atom. The number of hydrogen-bond donors (Lipinski definition) is 0. The molecule has 0 aliphatic heterocycles. The van der Waals surface area contributed by atoms with Gasteiger partial charge in [0.05, 0.1) is 30.0 Å². The lowest BCUT2D eigenvalue weighted by Gasteiger charge is -2.09. The monoisotopic (exact) mass is 353 g/mol. The van der Waals surface area contributed by atoms with Crippen molar-refractivity contribution in [1.29, 1.82) is 0 Å². The van der Waals surface area contributed by atoms with E-state index in [0.717, 1.165) is 11.1 Å². The van der Waals surface area contributed by atoms with Crippen molar-refractivity contribution in [3.05, 3.63) is 57.6 Å². The van der Waals surface area contributed by atoms with Gasteiger partial charge in [-0.3, -0.25) is 0 Å². The molecule has 0 fully saturated rings. The largest absolute Gasteiger partial charge is 0.493 e. The topological polar surface area (TPSA) is 40.0 Å². The fourth-order valence-electron chi connectivity index (χ4n) is 1.88. The quantitative estimate of drug-likeness (QED) is 0.522. The Morgan fingerprint density at radius 3 is 2.57 bits per heavy atom. The predicted molar refractivity (Wildman–Crippen MR) is 93.0 cm³/mol. The normalized spacial score (nSPS) is 10.8. The van der Waals surface area contributed by atoms with Gasteiger partial charge in [0.2, 0.25) is 0 Å². The summed E-state index contributed by atoms with van der Waals surface area (Å²) < 4.78 is 10.7. The van der Waals surface area contributed by atoms with Gasteiger partial charge in [0.1, 0.15) is 6.61 Å². The molecule has 0 heterocycles. The summed E-state index contributed by atoms with van der Waals surface area (Å²) in [4.78, 5) is 5.27. The number of rotatable bonds is 7. The Morgan fingerprint density at radius 1 is 1.04 bits per heavy atom. The number of oxime groups is 1. The SMILES string of the molecule is CCOc1ccc(/C=N/OCc2ccc(Cl)c(Cl)c2)cc1OC. The maximum Gasteiger partial charge on any atom is 0.161 e. The third-order valence-corrected chi connectivity index (χ3v) is 3.72. The van der Waals surface area contributed by atoms with Crippen LogP contribution in [0.3, 0.4) is 0 Å². The number of benzene rings is 2. The Balaban J connectivity index is 1.96. The average Bonchev–Trinajstić information content (AvgIpc) is 2.56. The second-order valence-corrected chi connectivity index (χ2v) is 5.41. The van der Waals surface area contributed by atoms with Gasteiger partial charge in [-0.2, -0.15) is 0 Å². The Kier molecular flexibility index (Phi) is 6.56. The van der Waals surface area contributed by atoms with Crippen molar-refractivity contribution in [2.75, 3.05) is 13.7 Å². The summed E-state index contributed by atoms with van der Waals surface area (Å²) in [7, 11) is 1.60. The van der Waals surface area contributed by atoms with E-state index >= 15 is 0 Å². The van der Waals surface area contributed by atoms with Crippen LogP contribution in [0.4, 0.5) is 0 Å². The van der Waals surface area contributed by atoms with Crippen LogP contribution in [0.5, 0.6) is 11.5 Å². The van der Waals surface area contributed by atoms with Crippen LogP contribution < -0.4 is 9.47 Å².